The molecule has 5 nitrogen and oxygen atoms in total. The standard InChI is InChI=1S/C15H19BrN4O/c1-5-10(3)17-15(21)14-11(4)20(19-18-14)12-6-7-13(16)9(2)8-12/h6-8,10H,5H2,1-4H3,(H,17,21). The van der Waals surface area contributed by atoms with E-state index in [1.54, 1.807) is 4.68 Å². The van der Waals surface area contributed by atoms with Crippen LogP contribution in [-0.4, -0.2) is 26.9 Å². The van der Waals surface area contributed by atoms with Crippen LogP contribution in [0.4, 0.5) is 0 Å². The van der Waals surface area contributed by atoms with E-state index in [0.717, 1.165) is 27.8 Å². The molecule has 0 radical (unpaired) electrons. The Hall–Kier alpha value is -1.69. The number of carbonyl (C=O) groups is 1. The van der Waals surface area contributed by atoms with Crippen LogP contribution in [0.3, 0.4) is 0 Å². The molecule has 0 bridgehead atoms. The minimum absolute atomic E-state index is 0.122. The summed E-state index contributed by atoms with van der Waals surface area (Å²) < 4.78 is 2.73. The van der Waals surface area contributed by atoms with Gasteiger partial charge in [0.2, 0.25) is 0 Å². The number of nitrogens with one attached hydrogen (secondary N) is 1. The van der Waals surface area contributed by atoms with Crippen LogP contribution >= 0.6 is 15.9 Å². The number of nitrogens with zero attached hydrogens (tertiary/aromatic N) is 3. The van der Waals surface area contributed by atoms with E-state index in [4.69, 9.17) is 0 Å². The Morgan fingerprint density at radius 2 is 2.14 bits per heavy atom. The Morgan fingerprint density at radius 1 is 1.43 bits per heavy atom. The van der Waals surface area contributed by atoms with Gasteiger partial charge in [0.1, 0.15) is 0 Å². The van der Waals surface area contributed by atoms with E-state index in [9.17, 15) is 4.79 Å². The molecule has 2 aromatic rings. The maximum Gasteiger partial charge on any atom is 0.273 e. The second-order valence-electron chi connectivity index (χ2n) is 5.15. The summed E-state index contributed by atoms with van der Waals surface area (Å²) in [4.78, 5) is 12.2. The molecule has 1 aromatic carbocycles. The van der Waals surface area contributed by atoms with Gasteiger partial charge in [0.25, 0.3) is 5.91 Å². The molecule has 6 heteroatoms. The maximum absolute atomic E-state index is 12.2. The summed E-state index contributed by atoms with van der Waals surface area (Å²) in [5.41, 5.74) is 3.10. The van der Waals surface area contributed by atoms with Crippen molar-refractivity contribution in [1.82, 2.24) is 20.3 Å². The van der Waals surface area contributed by atoms with E-state index in [1.165, 1.54) is 0 Å². The first-order chi connectivity index (χ1) is 9.93. The zero-order valence-electron chi connectivity index (χ0n) is 12.6. The van der Waals surface area contributed by atoms with Crippen molar-refractivity contribution < 1.29 is 4.79 Å². The van der Waals surface area contributed by atoms with Crippen LogP contribution in [0.1, 0.15) is 42.0 Å². The van der Waals surface area contributed by atoms with Crippen LogP contribution in [0.15, 0.2) is 22.7 Å². The number of aryl methyl sites for hydroxylation is 1. The molecule has 0 saturated heterocycles. The zero-order valence-corrected chi connectivity index (χ0v) is 14.2. The quantitative estimate of drug-likeness (QED) is 0.920. The third-order valence-corrected chi connectivity index (χ3v) is 4.38. The molecule has 0 aliphatic heterocycles. The Labute approximate surface area is 132 Å². The zero-order chi connectivity index (χ0) is 15.6. The van der Waals surface area contributed by atoms with Gasteiger partial charge in [-0.25, -0.2) is 4.68 Å². The fourth-order valence-electron chi connectivity index (χ4n) is 1.94. The second kappa shape index (κ2) is 6.39. The molecule has 112 valence electrons. The molecule has 1 unspecified atom stereocenters. The van der Waals surface area contributed by atoms with Crippen LogP contribution in [0.5, 0.6) is 0 Å². The second-order valence-corrected chi connectivity index (χ2v) is 6.01. The summed E-state index contributed by atoms with van der Waals surface area (Å²) in [5.74, 6) is -0.179. The average Bonchev–Trinajstić information content (AvgIpc) is 2.83. The van der Waals surface area contributed by atoms with E-state index in [2.05, 4.69) is 31.6 Å². The molecule has 2 rings (SSSR count). The van der Waals surface area contributed by atoms with E-state index in [0.29, 0.717) is 5.69 Å². The highest BCUT2D eigenvalue weighted by Crippen LogP contribution is 2.20. The van der Waals surface area contributed by atoms with Crippen LogP contribution in [-0.2, 0) is 0 Å². The van der Waals surface area contributed by atoms with Gasteiger partial charge in [0, 0.05) is 10.5 Å². The maximum atomic E-state index is 12.2. The smallest absolute Gasteiger partial charge is 0.273 e. The monoisotopic (exact) mass is 350 g/mol. The van der Waals surface area contributed by atoms with Crippen molar-refractivity contribution in [2.75, 3.05) is 0 Å². The third kappa shape index (κ3) is 3.32. The molecular weight excluding hydrogens is 332 g/mol. The lowest BCUT2D eigenvalue weighted by Crippen LogP contribution is -2.32. The van der Waals surface area contributed by atoms with E-state index in [1.807, 2.05) is 45.9 Å². The topological polar surface area (TPSA) is 59.8 Å². The summed E-state index contributed by atoms with van der Waals surface area (Å²) in [6.45, 7) is 7.86. The molecule has 1 atom stereocenters. The Kier molecular flexibility index (Phi) is 4.77. The van der Waals surface area contributed by atoms with Crippen molar-refractivity contribution >= 4 is 21.8 Å². The van der Waals surface area contributed by atoms with Crippen molar-refractivity contribution in [2.24, 2.45) is 0 Å². The van der Waals surface area contributed by atoms with Crippen molar-refractivity contribution in [3.8, 4) is 5.69 Å². The number of benzene rings is 1. The first kappa shape index (κ1) is 15.7. The summed E-state index contributed by atoms with van der Waals surface area (Å²) in [6.07, 6.45) is 0.880. The van der Waals surface area contributed by atoms with Gasteiger partial charge in [0.05, 0.1) is 11.4 Å². The molecule has 1 N–H and O–H groups in total. The number of rotatable bonds is 4. The number of amides is 1. The highest BCUT2D eigenvalue weighted by Gasteiger charge is 2.18. The van der Waals surface area contributed by atoms with Crippen LogP contribution < -0.4 is 5.32 Å². The molecule has 0 aliphatic rings. The highest BCUT2D eigenvalue weighted by atomic mass is 79.9. The van der Waals surface area contributed by atoms with Crippen molar-refractivity contribution in [1.29, 1.82) is 0 Å². The van der Waals surface area contributed by atoms with Gasteiger partial charge in [-0.3, -0.25) is 4.79 Å². The van der Waals surface area contributed by atoms with Crippen molar-refractivity contribution in [3.63, 3.8) is 0 Å². The Morgan fingerprint density at radius 3 is 2.76 bits per heavy atom. The molecule has 0 fully saturated rings. The first-order valence-electron chi connectivity index (χ1n) is 6.93. The Balaban J connectivity index is 2.32. The molecule has 0 spiro atoms. The predicted octanol–water partition coefficient (Wildman–Crippen LogP) is 3.17. The molecule has 1 amide bonds. The summed E-state index contributed by atoms with van der Waals surface area (Å²) in [6, 6.07) is 6.03. The number of hydrogen-bond acceptors (Lipinski definition) is 3. The Bertz CT molecular complexity index is 666. The highest BCUT2D eigenvalue weighted by molar-refractivity contribution is 9.10. The summed E-state index contributed by atoms with van der Waals surface area (Å²) in [7, 11) is 0. The number of hydrogen-bond donors (Lipinski definition) is 1. The third-order valence-electron chi connectivity index (χ3n) is 3.49. The molecule has 1 aromatic heterocycles. The fraction of sp³-hybridized carbons (Fsp3) is 0.400. The largest absolute Gasteiger partial charge is 0.348 e. The molecule has 21 heavy (non-hydrogen) atoms. The minimum atomic E-state index is -0.179. The molecule has 0 saturated carbocycles. The normalized spacial score (nSPS) is 12.2. The van der Waals surface area contributed by atoms with Gasteiger partial charge in [-0.1, -0.05) is 28.1 Å². The number of aromatic nitrogens is 3. The molecule has 0 aliphatic carbocycles. The lowest BCUT2D eigenvalue weighted by atomic mass is 10.2. The van der Waals surface area contributed by atoms with Gasteiger partial charge >= 0.3 is 0 Å². The summed E-state index contributed by atoms with van der Waals surface area (Å²) >= 11 is 3.47. The molecule has 1 heterocycles. The SMILES string of the molecule is CCC(C)NC(=O)c1nnn(-c2ccc(Br)c(C)c2)c1C. The van der Waals surface area contributed by atoms with Gasteiger partial charge in [-0.15, -0.1) is 5.10 Å². The number of carbonyl (C=O) groups excluding carboxylic acids is 1. The fourth-order valence-corrected chi connectivity index (χ4v) is 2.19. The van der Waals surface area contributed by atoms with Gasteiger partial charge in [-0.2, -0.15) is 0 Å². The van der Waals surface area contributed by atoms with E-state index >= 15 is 0 Å². The van der Waals surface area contributed by atoms with Crippen LogP contribution in [0.2, 0.25) is 0 Å². The lowest BCUT2D eigenvalue weighted by molar-refractivity contribution is 0.0933. The van der Waals surface area contributed by atoms with E-state index < -0.39 is 0 Å². The van der Waals surface area contributed by atoms with Crippen molar-refractivity contribution in [3.05, 3.63) is 39.6 Å². The minimum Gasteiger partial charge on any atom is -0.348 e. The summed E-state index contributed by atoms with van der Waals surface area (Å²) in [5, 5.41) is 11.0. The molecular formula is C15H19BrN4O. The predicted molar refractivity (Wildman–Crippen MR) is 85.8 cm³/mol. The van der Waals surface area contributed by atoms with Gasteiger partial charge in [-0.05, 0) is 51.0 Å². The van der Waals surface area contributed by atoms with Crippen molar-refractivity contribution in [2.45, 2.75) is 40.2 Å². The van der Waals surface area contributed by atoms with E-state index in [-0.39, 0.29) is 11.9 Å². The first-order valence-corrected chi connectivity index (χ1v) is 7.73. The lowest BCUT2D eigenvalue weighted by Gasteiger charge is -2.10. The van der Waals surface area contributed by atoms with Crippen LogP contribution in [0.25, 0.3) is 5.69 Å². The van der Waals surface area contributed by atoms with Gasteiger partial charge < -0.3 is 5.32 Å². The van der Waals surface area contributed by atoms with Crippen LogP contribution in [0, 0.1) is 13.8 Å². The number of halogens is 1. The van der Waals surface area contributed by atoms with Gasteiger partial charge in [0.15, 0.2) is 5.69 Å². The average molecular weight is 351 g/mol.